The molecule has 2 aromatic carbocycles. The summed E-state index contributed by atoms with van der Waals surface area (Å²) in [5.74, 6) is -3.13. The summed E-state index contributed by atoms with van der Waals surface area (Å²) in [7, 11) is -12.8. The Labute approximate surface area is 168 Å². The SMILES string of the molecule is CS(=O)(=O)Oc1ccc(C(=O)c2ccccc2)c(OS(C)(=O)=O)c1OS(C)(=O)=O. The van der Waals surface area contributed by atoms with Crippen LogP contribution in [0.1, 0.15) is 15.9 Å². The van der Waals surface area contributed by atoms with Crippen molar-refractivity contribution in [2.45, 2.75) is 0 Å². The fourth-order valence-corrected chi connectivity index (χ4v) is 3.55. The highest BCUT2D eigenvalue weighted by Gasteiger charge is 2.29. The molecule has 0 atom stereocenters. The van der Waals surface area contributed by atoms with Crippen molar-refractivity contribution in [3.05, 3.63) is 53.6 Å². The van der Waals surface area contributed by atoms with Gasteiger partial charge in [0.2, 0.25) is 11.5 Å². The zero-order valence-corrected chi connectivity index (χ0v) is 17.8. The summed E-state index contributed by atoms with van der Waals surface area (Å²) < 4.78 is 84.0. The number of carbonyl (C=O) groups excluding carboxylic acids is 1. The van der Waals surface area contributed by atoms with Crippen molar-refractivity contribution in [1.82, 2.24) is 0 Å². The minimum absolute atomic E-state index is 0.132. The molecule has 0 amide bonds. The van der Waals surface area contributed by atoms with E-state index in [1.807, 2.05) is 0 Å². The number of carbonyl (C=O) groups is 1. The third-order valence-corrected chi connectivity index (χ3v) is 4.49. The van der Waals surface area contributed by atoms with Crippen LogP contribution in [0, 0.1) is 0 Å². The van der Waals surface area contributed by atoms with Crippen molar-refractivity contribution in [3.63, 3.8) is 0 Å². The van der Waals surface area contributed by atoms with E-state index in [2.05, 4.69) is 4.18 Å². The standard InChI is InChI=1S/C16H16O10S3/c1-27(18,19)24-13-10-9-12(14(17)11-7-5-4-6-8-11)15(25-28(2,20)21)16(13)26-29(3,22)23/h4-10H,1-3H3. The van der Waals surface area contributed by atoms with Crippen LogP contribution in [-0.4, -0.2) is 49.8 Å². The lowest BCUT2D eigenvalue weighted by Crippen LogP contribution is -2.16. The van der Waals surface area contributed by atoms with Gasteiger partial charge in [-0.3, -0.25) is 4.79 Å². The monoisotopic (exact) mass is 464 g/mol. The molecular weight excluding hydrogens is 448 g/mol. The first-order chi connectivity index (χ1) is 13.2. The molecule has 0 N–H and O–H groups in total. The molecule has 2 rings (SSSR count). The van der Waals surface area contributed by atoms with Gasteiger partial charge in [-0.15, -0.1) is 0 Å². The quantitative estimate of drug-likeness (QED) is 0.408. The summed E-state index contributed by atoms with van der Waals surface area (Å²) in [5.41, 5.74) is -0.255. The molecule has 29 heavy (non-hydrogen) atoms. The van der Waals surface area contributed by atoms with Crippen molar-refractivity contribution in [2.75, 3.05) is 18.8 Å². The highest BCUT2D eigenvalue weighted by Crippen LogP contribution is 2.43. The summed E-state index contributed by atoms with van der Waals surface area (Å²) in [6.07, 6.45) is 1.96. The van der Waals surface area contributed by atoms with Gasteiger partial charge in [0.15, 0.2) is 11.5 Å². The molecule has 0 fully saturated rings. The van der Waals surface area contributed by atoms with E-state index in [1.54, 1.807) is 18.2 Å². The number of hydrogen-bond donors (Lipinski definition) is 0. The van der Waals surface area contributed by atoms with Crippen LogP contribution >= 0.6 is 0 Å². The van der Waals surface area contributed by atoms with Crippen LogP contribution in [0.25, 0.3) is 0 Å². The fourth-order valence-electron chi connectivity index (χ4n) is 2.16. The van der Waals surface area contributed by atoms with Crippen LogP contribution in [0.4, 0.5) is 0 Å². The first kappa shape index (κ1) is 22.6. The molecule has 0 aliphatic heterocycles. The summed E-state index contributed by atoms with van der Waals surface area (Å²) in [6.45, 7) is 0. The maximum absolute atomic E-state index is 12.8. The van der Waals surface area contributed by atoms with E-state index in [0.29, 0.717) is 18.8 Å². The molecule has 0 spiro atoms. The Morgan fingerprint density at radius 2 is 1.14 bits per heavy atom. The van der Waals surface area contributed by atoms with Gasteiger partial charge in [-0.05, 0) is 12.1 Å². The maximum atomic E-state index is 12.8. The van der Waals surface area contributed by atoms with Crippen LogP contribution in [-0.2, 0) is 30.4 Å². The molecule has 0 saturated carbocycles. The second-order valence-electron chi connectivity index (χ2n) is 5.83. The van der Waals surface area contributed by atoms with E-state index < -0.39 is 53.4 Å². The second kappa shape index (κ2) is 8.00. The number of ketones is 1. The van der Waals surface area contributed by atoms with Gasteiger partial charge in [0.05, 0.1) is 24.3 Å². The zero-order valence-electron chi connectivity index (χ0n) is 15.3. The third kappa shape index (κ3) is 6.73. The first-order valence-corrected chi connectivity index (χ1v) is 13.1. The summed E-state index contributed by atoms with van der Waals surface area (Å²) in [5, 5.41) is 0. The van der Waals surface area contributed by atoms with Crippen molar-refractivity contribution in [2.24, 2.45) is 0 Å². The van der Waals surface area contributed by atoms with Gasteiger partial charge in [0, 0.05) is 5.56 Å². The number of benzene rings is 2. The van der Waals surface area contributed by atoms with Gasteiger partial charge in [-0.25, -0.2) is 0 Å². The Hall–Kier alpha value is -2.64. The molecule has 13 heteroatoms. The Kier molecular flexibility index (Phi) is 6.25. The maximum Gasteiger partial charge on any atom is 0.306 e. The van der Waals surface area contributed by atoms with Crippen LogP contribution in [0.2, 0.25) is 0 Å². The second-order valence-corrected chi connectivity index (χ2v) is 10.6. The Bertz CT molecular complexity index is 1250. The molecule has 158 valence electrons. The van der Waals surface area contributed by atoms with E-state index in [4.69, 9.17) is 8.37 Å². The first-order valence-electron chi connectivity index (χ1n) is 7.61. The third-order valence-electron chi connectivity index (χ3n) is 3.07. The Balaban J connectivity index is 2.83. The smallest absolute Gasteiger partial charge is 0.306 e. The average molecular weight is 464 g/mol. The van der Waals surface area contributed by atoms with Gasteiger partial charge in [-0.2, -0.15) is 25.3 Å². The molecule has 0 aliphatic rings. The zero-order chi connectivity index (χ0) is 22.0. The van der Waals surface area contributed by atoms with E-state index in [1.165, 1.54) is 12.1 Å². The lowest BCUT2D eigenvalue weighted by Gasteiger charge is -2.16. The lowest BCUT2D eigenvalue weighted by molar-refractivity contribution is 0.103. The summed E-state index contributed by atoms with van der Waals surface area (Å²) >= 11 is 0. The highest BCUT2D eigenvalue weighted by atomic mass is 32.2. The molecule has 0 unspecified atom stereocenters. The molecule has 0 heterocycles. The molecular formula is C16H16O10S3. The summed E-state index contributed by atoms with van der Waals surface area (Å²) in [6, 6.07) is 9.61. The van der Waals surface area contributed by atoms with Crippen LogP contribution in [0.5, 0.6) is 17.2 Å². The van der Waals surface area contributed by atoms with Gasteiger partial charge >= 0.3 is 30.4 Å². The Morgan fingerprint density at radius 1 is 0.655 bits per heavy atom. The molecule has 0 radical (unpaired) electrons. The van der Waals surface area contributed by atoms with Gasteiger partial charge in [0.1, 0.15) is 0 Å². The highest BCUT2D eigenvalue weighted by molar-refractivity contribution is 7.87. The molecule has 2 aromatic rings. The van der Waals surface area contributed by atoms with Gasteiger partial charge < -0.3 is 12.5 Å². The largest absolute Gasteiger partial charge is 0.378 e. The topological polar surface area (TPSA) is 147 Å². The number of hydrogen-bond acceptors (Lipinski definition) is 10. The predicted molar refractivity (Wildman–Crippen MR) is 103 cm³/mol. The van der Waals surface area contributed by atoms with Crippen molar-refractivity contribution < 1.29 is 42.6 Å². The van der Waals surface area contributed by atoms with Crippen LogP contribution in [0.3, 0.4) is 0 Å². The van der Waals surface area contributed by atoms with E-state index in [-0.39, 0.29) is 11.1 Å². The van der Waals surface area contributed by atoms with Crippen molar-refractivity contribution >= 4 is 36.1 Å². The van der Waals surface area contributed by atoms with Gasteiger partial charge in [-0.1, -0.05) is 30.3 Å². The molecule has 0 bridgehead atoms. The minimum Gasteiger partial charge on any atom is -0.378 e. The molecule has 0 aliphatic carbocycles. The number of rotatable bonds is 8. The minimum atomic E-state index is -4.30. The van der Waals surface area contributed by atoms with E-state index in [9.17, 15) is 30.0 Å². The van der Waals surface area contributed by atoms with Crippen molar-refractivity contribution in [3.8, 4) is 17.2 Å². The van der Waals surface area contributed by atoms with Crippen molar-refractivity contribution in [1.29, 1.82) is 0 Å². The van der Waals surface area contributed by atoms with Crippen LogP contribution < -0.4 is 12.5 Å². The predicted octanol–water partition coefficient (Wildman–Crippen LogP) is 0.933. The normalized spacial score (nSPS) is 12.2. The summed E-state index contributed by atoms with van der Waals surface area (Å²) in [4.78, 5) is 12.8. The molecule has 0 saturated heterocycles. The van der Waals surface area contributed by atoms with E-state index in [0.717, 1.165) is 12.1 Å². The fraction of sp³-hybridized carbons (Fsp3) is 0.188. The Morgan fingerprint density at radius 3 is 1.62 bits per heavy atom. The molecule has 0 aromatic heterocycles. The van der Waals surface area contributed by atoms with Crippen LogP contribution in [0.15, 0.2) is 42.5 Å². The van der Waals surface area contributed by atoms with E-state index >= 15 is 0 Å². The van der Waals surface area contributed by atoms with Gasteiger partial charge in [0.25, 0.3) is 0 Å². The molecule has 10 nitrogen and oxygen atoms in total. The lowest BCUT2D eigenvalue weighted by atomic mass is 10.0. The average Bonchev–Trinajstić information content (AvgIpc) is 2.54.